The number of aromatic nitrogens is 3. The summed E-state index contributed by atoms with van der Waals surface area (Å²) in [6.45, 7) is -0.325. The van der Waals surface area contributed by atoms with Gasteiger partial charge in [0.05, 0.1) is 4.92 Å². The summed E-state index contributed by atoms with van der Waals surface area (Å²) < 4.78 is 1.00. The summed E-state index contributed by atoms with van der Waals surface area (Å²) >= 11 is 0. The number of nitrogens with zero attached hydrogens (tertiary/aromatic N) is 3. The summed E-state index contributed by atoms with van der Waals surface area (Å²) in [6, 6.07) is 3.57. The second kappa shape index (κ2) is 5.77. The van der Waals surface area contributed by atoms with Gasteiger partial charge < -0.3 is 5.32 Å². The fraction of sp³-hybridized carbons (Fsp3) is 0.0909. The molecule has 0 spiro atoms. The van der Waals surface area contributed by atoms with E-state index in [1.54, 1.807) is 0 Å². The van der Waals surface area contributed by atoms with E-state index in [0.717, 1.165) is 16.8 Å². The Morgan fingerprint density at radius 3 is 2.71 bits per heavy atom. The van der Waals surface area contributed by atoms with Gasteiger partial charge in [-0.05, 0) is 6.07 Å². The van der Waals surface area contributed by atoms with Crippen LogP contribution in [0, 0.1) is 10.1 Å². The maximum Gasteiger partial charge on any atom is 0.328 e. The minimum atomic E-state index is -0.714. The molecule has 0 unspecified atom stereocenters. The zero-order valence-corrected chi connectivity index (χ0v) is 10.5. The maximum atomic E-state index is 11.7. The second-order valence-corrected chi connectivity index (χ2v) is 3.94. The van der Waals surface area contributed by atoms with E-state index in [4.69, 9.17) is 0 Å². The van der Waals surface area contributed by atoms with E-state index in [2.05, 4.69) is 10.3 Å². The van der Waals surface area contributed by atoms with Crippen molar-refractivity contribution in [2.24, 2.45) is 0 Å². The lowest BCUT2D eigenvalue weighted by Crippen LogP contribution is -2.32. The Kier molecular flexibility index (Phi) is 3.88. The van der Waals surface area contributed by atoms with Crippen molar-refractivity contribution >= 4 is 17.4 Å². The highest BCUT2D eigenvalue weighted by molar-refractivity contribution is 5.89. The predicted molar refractivity (Wildman–Crippen MR) is 70.8 cm³/mol. The van der Waals surface area contributed by atoms with Gasteiger partial charge in [-0.15, -0.1) is 0 Å². The molecule has 0 saturated carbocycles. The normalized spacial score (nSPS) is 10.1. The first-order valence-electron chi connectivity index (χ1n) is 5.66. The number of H-pyrrole nitrogens is 1. The molecule has 2 aromatic rings. The zero-order valence-electron chi connectivity index (χ0n) is 10.5. The van der Waals surface area contributed by atoms with Crippen molar-refractivity contribution in [2.75, 3.05) is 5.32 Å². The van der Waals surface area contributed by atoms with Gasteiger partial charge in [-0.25, -0.2) is 9.78 Å². The Labute approximate surface area is 116 Å². The van der Waals surface area contributed by atoms with Crippen LogP contribution < -0.4 is 16.6 Å². The summed E-state index contributed by atoms with van der Waals surface area (Å²) in [5.41, 5.74) is -1.48. The summed E-state index contributed by atoms with van der Waals surface area (Å²) in [5, 5.41) is 12.8. The third kappa shape index (κ3) is 3.59. The molecule has 0 fully saturated rings. The number of amides is 1. The third-order valence-electron chi connectivity index (χ3n) is 2.44. The standard InChI is InChI=1S/C11H9N5O5/c17-9-3-4-15(11(19)14-9)6-10(18)13-8-2-1-7(5-12-8)16(20)21/h1-5H,6H2,(H,12,13,18)(H,14,17,19). The van der Waals surface area contributed by atoms with E-state index in [0.29, 0.717) is 0 Å². The smallest absolute Gasteiger partial charge is 0.309 e. The number of rotatable bonds is 4. The van der Waals surface area contributed by atoms with E-state index in [1.165, 1.54) is 18.3 Å². The van der Waals surface area contributed by atoms with Crippen molar-refractivity contribution in [1.82, 2.24) is 14.5 Å². The van der Waals surface area contributed by atoms with Crippen LogP contribution >= 0.6 is 0 Å². The first-order valence-corrected chi connectivity index (χ1v) is 5.66. The molecule has 2 heterocycles. The van der Waals surface area contributed by atoms with Crippen molar-refractivity contribution in [3.8, 4) is 0 Å². The van der Waals surface area contributed by atoms with E-state index in [1.807, 2.05) is 4.98 Å². The van der Waals surface area contributed by atoms with Gasteiger partial charge in [0, 0.05) is 18.3 Å². The van der Waals surface area contributed by atoms with Crippen molar-refractivity contribution in [3.05, 3.63) is 61.5 Å². The molecular weight excluding hydrogens is 282 g/mol. The predicted octanol–water partition coefficient (Wildman–Crippen LogP) is -0.522. The Morgan fingerprint density at radius 1 is 1.38 bits per heavy atom. The summed E-state index contributed by atoms with van der Waals surface area (Å²) in [6.07, 6.45) is 2.19. The Balaban J connectivity index is 2.06. The lowest BCUT2D eigenvalue weighted by atomic mass is 10.4. The lowest BCUT2D eigenvalue weighted by molar-refractivity contribution is -0.385. The van der Waals surface area contributed by atoms with Gasteiger partial charge in [-0.1, -0.05) is 0 Å². The molecule has 0 aliphatic rings. The summed E-state index contributed by atoms with van der Waals surface area (Å²) in [4.78, 5) is 49.5. The highest BCUT2D eigenvalue weighted by Crippen LogP contribution is 2.11. The van der Waals surface area contributed by atoms with E-state index in [9.17, 15) is 24.5 Å². The number of aromatic amines is 1. The van der Waals surface area contributed by atoms with Gasteiger partial charge >= 0.3 is 5.69 Å². The Bertz CT molecular complexity index is 792. The van der Waals surface area contributed by atoms with Crippen LogP contribution in [-0.4, -0.2) is 25.4 Å². The maximum absolute atomic E-state index is 11.7. The van der Waals surface area contributed by atoms with Crippen molar-refractivity contribution in [3.63, 3.8) is 0 Å². The van der Waals surface area contributed by atoms with Crippen molar-refractivity contribution in [2.45, 2.75) is 6.54 Å². The van der Waals surface area contributed by atoms with Crippen molar-refractivity contribution < 1.29 is 9.72 Å². The fourth-order valence-electron chi connectivity index (χ4n) is 1.47. The highest BCUT2D eigenvalue weighted by Gasteiger charge is 2.09. The molecule has 0 aliphatic carbocycles. The molecular formula is C11H9N5O5. The molecule has 0 saturated heterocycles. The number of anilines is 1. The minimum Gasteiger partial charge on any atom is -0.309 e. The number of hydrogen-bond donors (Lipinski definition) is 2. The summed E-state index contributed by atoms with van der Waals surface area (Å²) in [7, 11) is 0. The third-order valence-corrected chi connectivity index (χ3v) is 2.44. The lowest BCUT2D eigenvalue weighted by Gasteiger charge is -2.05. The molecule has 10 heteroatoms. The Hall–Kier alpha value is -3.30. The molecule has 0 bridgehead atoms. The van der Waals surface area contributed by atoms with Gasteiger partial charge in [-0.2, -0.15) is 0 Å². The number of nitro groups is 1. The van der Waals surface area contributed by atoms with Crippen molar-refractivity contribution in [1.29, 1.82) is 0 Å². The average Bonchev–Trinajstić information content (AvgIpc) is 2.42. The van der Waals surface area contributed by atoms with Crippen LogP contribution in [0.2, 0.25) is 0 Å². The second-order valence-electron chi connectivity index (χ2n) is 3.94. The first-order chi connectivity index (χ1) is 9.95. The number of carbonyl (C=O) groups excluding carboxylic acids is 1. The number of pyridine rings is 1. The molecule has 21 heavy (non-hydrogen) atoms. The van der Waals surface area contributed by atoms with Crippen LogP contribution in [0.1, 0.15) is 0 Å². The van der Waals surface area contributed by atoms with Gasteiger partial charge in [-0.3, -0.25) is 29.3 Å². The number of carbonyl (C=O) groups is 1. The van der Waals surface area contributed by atoms with E-state index >= 15 is 0 Å². The van der Waals surface area contributed by atoms with Crippen LogP contribution in [0.15, 0.2) is 40.2 Å². The molecule has 0 aliphatic heterocycles. The molecule has 1 amide bonds. The molecule has 2 rings (SSSR count). The highest BCUT2D eigenvalue weighted by atomic mass is 16.6. The molecule has 10 nitrogen and oxygen atoms in total. The number of hydrogen-bond acceptors (Lipinski definition) is 6. The monoisotopic (exact) mass is 291 g/mol. The molecule has 0 atom stereocenters. The largest absolute Gasteiger partial charge is 0.328 e. The SMILES string of the molecule is O=C(Cn1ccc(=O)[nH]c1=O)Nc1ccc([N+](=O)[O-])cn1. The van der Waals surface area contributed by atoms with Crippen LogP contribution in [0.25, 0.3) is 0 Å². The van der Waals surface area contributed by atoms with Crippen LogP contribution in [0.4, 0.5) is 11.5 Å². The minimum absolute atomic E-state index is 0.114. The van der Waals surface area contributed by atoms with E-state index < -0.39 is 22.1 Å². The summed E-state index contributed by atoms with van der Waals surface area (Å²) in [5.74, 6) is -0.450. The van der Waals surface area contributed by atoms with Crippen LogP contribution in [-0.2, 0) is 11.3 Å². The van der Waals surface area contributed by atoms with Gasteiger partial charge in [0.15, 0.2) is 0 Å². The zero-order chi connectivity index (χ0) is 15.4. The molecule has 2 N–H and O–H groups in total. The van der Waals surface area contributed by atoms with Gasteiger partial charge in [0.1, 0.15) is 18.6 Å². The van der Waals surface area contributed by atoms with Gasteiger partial charge in [0.2, 0.25) is 5.91 Å². The first kappa shape index (κ1) is 14.1. The molecule has 0 aromatic carbocycles. The van der Waals surface area contributed by atoms with E-state index in [-0.39, 0.29) is 18.1 Å². The molecule has 108 valence electrons. The van der Waals surface area contributed by atoms with Gasteiger partial charge in [0.25, 0.3) is 11.2 Å². The topological polar surface area (TPSA) is 140 Å². The fourth-order valence-corrected chi connectivity index (χ4v) is 1.47. The average molecular weight is 291 g/mol. The van der Waals surface area contributed by atoms with Crippen LogP contribution in [0.3, 0.4) is 0 Å². The number of nitrogens with one attached hydrogen (secondary N) is 2. The molecule has 2 aromatic heterocycles. The van der Waals surface area contributed by atoms with Crippen LogP contribution in [0.5, 0.6) is 0 Å². The Morgan fingerprint density at radius 2 is 2.14 bits per heavy atom. The molecule has 0 radical (unpaired) electrons. The quantitative estimate of drug-likeness (QED) is 0.573.